The molecule has 0 spiro atoms. The van der Waals surface area contributed by atoms with Crippen LogP contribution in [0, 0.1) is 6.92 Å². The van der Waals surface area contributed by atoms with Crippen molar-refractivity contribution >= 4 is 18.1 Å². The average Bonchev–Trinajstić information content (AvgIpc) is 3.43. The summed E-state index contributed by atoms with van der Waals surface area (Å²) in [5.41, 5.74) is 9.82. The number of methoxy groups -OCH3 is 1. The predicted octanol–water partition coefficient (Wildman–Crippen LogP) is 6.07. The van der Waals surface area contributed by atoms with Gasteiger partial charge in [-0.3, -0.25) is 4.79 Å². The lowest BCUT2D eigenvalue weighted by Gasteiger charge is -2.09. The molecule has 0 saturated heterocycles. The summed E-state index contributed by atoms with van der Waals surface area (Å²) >= 11 is 0. The van der Waals surface area contributed by atoms with Crippen molar-refractivity contribution < 1.29 is 14.3 Å². The van der Waals surface area contributed by atoms with E-state index >= 15 is 0 Å². The molecule has 192 valence electrons. The third-order valence-electron chi connectivity index (χ3n) is 6.19. The van der Waals surface area contributed by atoms with Crippen LogP contribution in [0.25, 0.3) is 28.1 Å². The van der Waals surface area contributed by atoms with E-state index in [1.54, 1.807) is 35.0 Å². The van der Waals surface area contributed by atoms with Crippen LogP contribution >= 0.6 is 0 Å². The number of hydrogen-bond donors (Lipinski definition) is 1. The number of nitrogens with one attached hydrogen (secondary N) is 1. The number of ether oxygens (including phenoxy) is 1. The van der Waals surface area contributed by atoms with E-state index in [0.717, 1.165) is 33.6 Å². The van der Waals surface area contributed by atoms with E-state index in [2.05, 4.69) is 39.9 Å². The van der Waals surface area contributed by atoms with Crippen molar-refractivity contribution in [1.82, 2.24) is 15.2 Å². The maximum atomic E-state index is 13.0. The Labute approximate surface area is 226 Å². The molecule has 1 amide bonds. The zero-order valence-corrected chi connectivity index (χ0v) is 21.5. The number of carbonyl (C=O) groups is 2. The quantitative estimate of drug-likeness (QED) is 0.162. The third-order valence-corrected chi connectivity index (χ3v) is 6.19. The minimum atomic E-state index is -0.439. The summed E-state index contributed by atoms with van der Waals surface area (Å²) in [6.45, 7) is 2.02. The van der Waals surface area contributed by atoms with Gasteiger partial charge in [-0.2, -0.15) is 10.2 Å². The van der Waals surface area contributed by atoms with Crippen LogP contribution in [0.3, 0.4) is 0 Å². The monoisotopic (exact) mass is 514 g/mol. The number of amides is 1. The largest absolute Gasteiger partial charge is 0.465 e. The molecule has 7 nitrogen and oxygen atoms in total. The number of aryl methyl sites for hydroxylation is 1. The summed E-state index contributed by atoms with van der Waals surface area (Å²) in [6.07, 6.45) is 1.50. The highest BCUT2D eigenvalue weighted by Gasteiger charge is 2.17. The van der Waals surface area contributed by atoms with Gasteiger partial charge in [0, 0.05) is 5.56 Å². The summed E-state index contributed by atoms with van der Waals surface area (Å²) in [6, 6.07) is 34.8. The molecule has 4 aromatic carbocycles. The molecule has 0 unspecified atom stereocenters. The van der Waals surface area contributed by atoms with E-state index < -0.39 is 11.9 Å². The number of rotatable bonds is 7. The van der Waals surface area contributed by atoms with E-state index in [-0.39, 0.29) is 5.69 Å². The number of hydrogen-bond acceptors (Lipinski definition) is 5. The van der Waals surface area contributed by atoms with Gasteiger partial charge in [-0.25, -0.2) is 14.9 Å². The lowest BCUT2D eigenvalue weighted by molar-refractivity contribution is 0.0600. The Bertz CT molecular complexity index is 1640. The van der Waals surface area contributed by atoms with Gasteiger partial charge in [-0.15, -0.1) is 0 Å². The molecule has 0 aliphatic rings. The lowest BCUT2D eigenvalue weighted by Crippen LogP contribution is -2.18. The highest BCUT2D eigenvalue weighted by Crippen LogP contribution is 2.28. The normalized spacial score (nSPS) is 10.9. The molecule has 1 heterocycles. The van der Waals surface area contributed by atoms with E-state index in [9.17, 15) is 9.59 Å². The Hall–Kier alpha value is -5.30. The van der Waals surface area contributed by atoms with Gasteiger partial charge in [-0.05, 0) is 59.5 Å². The minimum absolute atomic E-state index is 0.233. The van der Waals surface area contributed by atoms with Gasteiger partial charge in [0.15, 0.2) is 5.69 Å². The fourth-order valence-electron chi connectivity index (χ4n) is 4.16. The fourth-order valence-corrected chi connectivity index (χ4v) is 4.16. The second kappa shape index (κ2) is 11.4. The molecule has 0 saturated carbocycles. The van der Waals surface area contributed by atoms with Gasteiger partial charge in [0.05, 0.1) is 30.3 Å². The number of hydrazone groups is 1. The zero-order valence-electron chi connectivity index (χ0n) is 21.5. The smallest absolute Gasteiger partial charge is 0.337 e. The first-order valence-electron chi connectivity index (χ1n) is 12.4. The summed E-state index contributed by atoms with van der Waals surface area (Å²) < 4.78 is 6.48. The van der Waals surface area contributed by atoms with Crippen molar-refractivity contribution in [2.45, 2.75) is 6.92 Å². The van der Waals surface area contributed by atoms with Crippen molar-refractivity contribution in [2.24, 2.45) is 5.10 Å². The highest BCUT2D eigenvalue weighted by atomic mass is 16.5. The van der Waals surface area contributed by atoms with Crippen LogP contribution in [-0.4, -0.2) is 35.0 Å². The highest BCUT2D eigenvalue weighted by molar-refractivity contribution is 5.95. The molecule has 0 aliphatic heterocycles. The Morgan fingerprint density at radius 2 is 1.51 bits per heavy atom. The Morgan fingerprint density at radius 3 is 2.21 bits per heavy atom. The summed E-state index contributed by atoms with van der Waals surface area (Å²) in [5.74, 6) is -0.854. The molecule has 1 aromatic heterocycles. The molecule has 0 fully saturated rings. The second-order valence-electron chi connectivity index (χ2n) is 8.92. The molecule has 0 atom stereocenters. The molecule has 39 heavy (non-hydrogen) atoms. The Balaban J connectivity index is 1.41. The van der Waals surface area contributed by atoms with Gasteiger partial charge in [0.25, 0.3) is 5.91 Å². The first kappa shape index (κ1) is 25.4. The molecule has 0 bridgehead atoms. The zero-order chi connectivity index (χ0) is 27.2. The van der Waals surface area contributed by atoms with Crippen LogP contribution in [-0.2, 0) is 4.74 Å². The van der Waals surface area contributed by atoms with Crippen molar-refractivity contribution in [2.75, 3.05) is 7.11 Å². The number of benzene rings is 4. The molecule has 5 aromatic rings. The number of nitrogens with zero attached hydrogens (tertiary/aromatic N) is 3. The molecule has 0 aliphatic carbocycles. The minimum Gasteiger partial charge on any atom is -0.465 e. The average molecular weight is 515 g/mol. The number of carbonyl (C=O) groups excluding carboxylic acids is 2. The molecular formula is C32H26N4O3. The first-order valence-corrected chi connectivity index (χ1v) is 12.4. The van der Waals surface area contributed by atoms with E-state index in [1.807, 2.05) is 61.5 Å². The Morgan fingerprint density at radius 1 is 0.821 bits per heavy atom. The third kappa shape index (κ3) is 5.83. The first-order chi connectivity index (χ1) is 19.0. The second-order valence-corrected chi connectivity index (χ2v) is 8.92. The summed E-state index contributed by atoms with van der Waals surface area (Å²) in [5, 5.41) is 8.69. The van der Waals surface area contributed by atoms with Crippen molar-refractivity contribution in [3.8, 4) is 28.1 Å². The van der Waals surface area contributed by atoms with Crippen molar-refractivity contribution in [3.63, 3.8) is 0 Å². The van der Waals surface area contributed by atoms with Gasteiger partial charge in [-0.1, -0.05) is 78.9 Å². The van der Waals surface area contributed by atoms with Gasteiger partial charge < -0.3 is 4.74 Å². The summed E-state index contributed by atoms with van der Waals surface area (Å²) in [7, 11) is 1.33. The number of esters is 1. The lowest BCUT2D eigenvalue weighted by atomic mass is 10.0. The molecule has 5 rings (SSSR count). The topological polar surface area (TPSA) is 85.6 Å². The standard InChI is InChI=1S/C32H26N4O3/c1-22-7-6-10-28(19-22)36-30(26-17-15-25(16-18-26)24-8-4-3-5-9-24)20-29(35-36)31(37)34-33-21-23-11-13-27(14-12-23)32(38)39-2/h3-21H,1-2H3,(H,34,37)/b33-21-. The SMILES string of the molecule is COC(=O)c1ccc(/C=N\NC(=O)c2cc(-c3ccc(-c4ccccc4)cc3)n(-c3cccc(C)c3)n2)cc1. The van der Waals surface area contributed by atoms with E-state index in [1.165, 1.54) is 13.3 Å². The van der Waals surface area contributed by atoms with Gasteiger partial charge >= 0.3 is 5.97 Å². The van der Waals surface area contributed by atoms with E-state index in [0.29, 0.717) is 11.1 Å². The van der Waals surface area contributed by atoms with Gasteiger partial charge in [0.2, 0.25) is 0 Å². The molecule has 7 heteroatoms. The van der Waals surface area contributed by atoms with Crippen LogP contribution in [0.1, 0.15) is 32.0 Å². The molecular weight excluding hydrogens is 488 g/mol. The number of aromatic nitrogens is 2. The molecule has 1 N–H and O–H groups in total. The van der Waals surface area contributed by atoms with Crippen LogP contribution in [0.2, 0.25) is 0 Å². The van der Waals surface area contributed by atoms with Crippen LogP contribution in [0.4, 0.5) is 0 Å². The van der Waals surface area contributed by atoms with Crippen molar-refractivity contribution in [1.29, 1.82) is 0 Å². The van der Waals surface area contributed by atoms with Crippen LogP contribution < -0.4 is 5.43 Å². The Kier molecular flexibility index (Phi) is 7.41. The van der Waals surface area contributed by atoms with Crippen molar-refractivity contribution in [3.05, 3.63) is 132 Å². The van der Waals surface area contributed by atoms with Gasteiger partial charge in [0.1, 0.15) is 0 Å². The maximum Gasteiger partial charge on any atom is 0.337 e. The van der Waals surface area contributed by atoms with Crippen LogP contribution in [0.5, 0.6) is 0 Å². The fraction of sp³-hybridized carbons (Fsp3) is 0.0625. The van der Waals surface area contributed by atoms with Crippen LogP contribution in [0.15, 0.2) is 114 Å². The van der Waals surface area contributed by atoms with E-state index in [4.69, 9.17) is 4.74 Å². The summed E-state index contributed by atoms with van der Waals surface area (Å²) in [4.78, 5) is 24.6. The predicted molar refractivity (Wildman–Crippen MR) is 152 cm³/mol. The maximum absolute atomic E-state index is 13.0. The molecule has 0 radical (unpaired) electrons.